The Labute approximate surface area is 181 Å². The van der Waals surface area contributed by atoms with Gasteiger partial charge in [-0.15, -0.1) is 0 Å². The maximum Gasteiger partial charge on any atom is 0.303 e. The number of aliphatic carboxylic acids is 1. The summed E-state index contributed by atoms with van der Waals surface area (Å²) in [6.07, 6.45) is 2.17. The molecule has 0 radical (unpaired) electrons. The quantitative estimate of drug-likeness (QED) is 0.333. The van der Waals surface area contributed by atoms with E-state index >= 15 is 0 Å². The number of aromatic amines is 1. The number of ether oxygens (including phenoxy) is 1. The maximum absolute atomic E-state index is 14.1. The molecule has 1 aromatic heterocycles. The Hall–Kier alpha value is -3.12. The van der Waals surface area contributed by atoms with E-state index in [1.54, 1.807) is 18.2 Å². The number of hydrogen-bond acceptors (Lipinski definition) is 2. The van der Waals surface area contributed by atoms with Crippen molar-refractivity contribution in [1.82, 2.24) is 4.98 Å². The third kappa shape index (κ3) is 4.24. The number of carboxylic acids is 1. The molecule has 0 aliphatic heterocycles. The molecule has 0 saturated carbocycles. The lowest BCUT2D eigenvalue weighted by Crippen LogP contribution is -2.05. The van der Waals surface area contributed by atoms with Gasteiger partial charge in [-0.3, -0.25) is 4.79 Å². The topological polar surface area (TPSA) is 62.3 Å². The maximum atomic E-state index is 14.1. The molecular weight excluding hydrogens is 449 g/mol. The molecule has 0 spiro atoms. The summed E-state index contributed by atoms with van der Waals surface area (Å²) < 4.78 is 21.1. The number of halogens is 2. The van der Waals surface area contributed by atoms with E-state index < -0.39 is 5.97 Å². The molecule has 0 fully saturated rings. The fourth-order valence-corrected chi connectivity index (χ4v) is 3.99. The second kappa shape index (κ2) is 8.71. The number of carboxylic acid groups (broad SMARTS) is 1. The van der Waals surface area contributed by atoms with Gasteiger partial charge in [-0.25, -0.2) is 4.39 Å². The molecule has 0 bridgehead atoms. The molecule has 0 aliphatic rings. The molecule has 0 amide bonds. The van der Waals surface area contributed by atoms with Gasteiger partial charge in [-0.05, 0) is 53.3 Å². The molecule has 30 heavy (non-hydrogen) atoms. The van der Waals surface area contributed by atoms with Crippen molar-refractivity contribution in [3.63, 3.8) is 0 Å². The lowest BCUT2D eigenvalue weighted by atomic mass is 9.98. The molecule has 4 rings (SSSR count). The number of aromatic nitrogens is 1. The lowest BCUT2D eigenvalue weighted by Gasteiger charge is -2.18. The SMILES string of the molecule is O=C(O)CCc1ccc(Br)c(-c2ccc3[nH]ccc3c2)c1OCc1ccccc1F. The standard InChI is InChI=1S/C24H19BrFNO3/c25-19-8-5-15(7-10-22(28)29)24(30-14-18-3-1-2-4-20(18)26)23(19)17-6-9-21-16(13-17)11-12-27-21/h1-6,8-9,11-13,27H,7,10,14H2,(H,28,29). The van der Waals surface area contributed by atoms with Gasteiger partial charge in [0.25, 0.3) is 0 Å². The van der Waals surface area contributed by atoms with Crippen LogP contribution in [0.1, 0.15) is 17.5 Å². The normalized spacial score (nSPS) is 11.0. The van der Waals surface area contributed by atoms with Gasteiger partial charge in [0, 0.05) is 33.7 Å². The van der Waals surface area contributed by atoms with Crippen LogP contribution in [0.25, 0.3) is 22.0 Å². The molecule has 6 heteroatoms. The van der Waals surface area contributed by atoms with Gasteiger partial charge in [0.05, 0.1) is 0 Å². The van der Waals surface area contributed by atoms with E-state index in [9.17, 15) is 9.18 Å². The highest BCUT2D eigenvalue weighted by Crippen LogP contribution is 2.41. The van der Waals surface area contributed by atoms with Gasteiger partial charge in [0.1, 0.15) is 18.2 Å². The molecule has 1 heterocycles. The van der Waals surface area contributed by atoms with E-state index in [1.165, 1.54) is 6.07 Å². The van der Waals surface area contributed by atoms with Crippen LogP contribution in [0, 0.1) is 5.82 Å². The molecule has 2 N–H and O–H groups in total. The molecule has 0 atom stereocenters. The molecule has 4 nitrogen and oxygen atoms in total. The molecular formula is C24H19BrFNO3. The Kier molecular flexibility index (Phi) is 5.86. The number of aryl methyl sites for hydroxylation is 1. The monoisotopic (exact) mass is 467 g/mol. The van der Waals surface area contributed by atoms with Gasteiger partial charge in [0.15, 0.2) is 0 Å². The average Bonchev–Trinajstić information content (AvgIpc) is 3.20. The second-order valence-electron chi connectivity index (χ2n) is 6.96. The van der Waals surface area contributed by atoms with Crippen molar-refractivity contribution >= 4 is 32.8 Å². The summed E-state index contributed by atoms with van der Waals surface area (Å²) in [4.78, 5) is 14.3. The van der Waals surface area contributed by atoms with Crippen molar-refractivity contribution < 1.29 is 19.0 Å². The number of H-pyrrole nitrogens is 1. The first kappa shape index (κ1) is 20.2. The van der Waals surface area contributed by atoms with Gasteiger partial charge in [0.2, 0.25) is 0 Å². The molecule has 0 unspecified atom stereocenters. The zero-order valence-electron chi connectivity index (χ0n) is 16.0. The summed E-state index contributed by atoms with van der Waals surface area (Å²) in [5.74, 6) is -0.660. The van der Waals surface area contributed by atoms with Crippen LogP contribution in [-0.2, 0) is 17.8 Å². The van der Waals surface area contributed by atoms with Crippen LogP contribution in [-0.4, -0.2) is 16.1 Å². The summed E-state index contributed by atoms with van der Waals surface area (Å²) in [5, 5.41) is 10.2. The number of carbonyl (C=O) groups is 1. The van der Waals surface area contributed by atoms with Crippen LogP contribution in [0.15, 0.2) is 71.3 Å². The Morgan fingerprint density at radius 2 is 1.90 bits per heavy atom. The minimum atomic E-state index is -0.881. The van der Waals surface area contributed by atoms with Crippen molar-refractivity contribution in [3.8, 4) is 16.9 Å². The molecule has 4 aromatic rings. The lowest BCUT2D eigenvalue weighted by molar-refractivity contribution is -0.136. The van der Waals surface area contributed by atoms with Gasteiger partial charge in [-0.2, -0.15) is 0 Å². The number of rotatable bonds is 7. The van der Waals surface area contributed by atoms with E-state index in [0.29, 0.717) is 17.7 Å². The second-order valence-corrected chi connectivity index (χ2v) is 7.82. The summed E-state index contributed by atoms with van der Waals surface area (Å²) >= 11 is 3.62. The minimum absolute atomic E-state index is 0.0199. The van der Waals surface area contributed by atoms with Crippen LogP contribution < -0.4 is 4.74 Å². The van der Waals surface area contributed by atoms with Gasteiger partial charge >= 0.3 is 5.97 Å². The van der Waals surface area contributed by atoms with Gasteiger partial charge in [-0.1, -0.05) is 46.3 Å². The average molecular weight is 468 g/mol. The third-order valence-electron chi connectivity index (χ3n) is 4.97. The number of hydrogen-bond donors (Lipinski definition) is 2. The predicted octanol–water partition coefficient (Wildman–Crippen LogP) is 6.33. The van der Waals surface area contributed by atoms with Crippen LogP contribution in [0.3, 0.4) is 0 Å². The van der Waals surface area contributed by atoms with E-state index in [4.69, 9.17) is 9.84 Å². The Balaban J connectivity index is 1.79. The third-order valence-corrected chi connectivity index (χ3v) is 5.63. The van der Waals surface area contributed by atoms with E-state index in [2.05, 4.69) is 20.9 Å². The van der Waals surface area contributed by atoms with Crippen LogP contribution in [0.5, 0.6) is 5.75 Å². The number of nitrogens with one attached hydrogen (secondary N) is 1. The first-order chi connectivity index (χ1) is 14.5. The highest BCUT2D eigenvalue weighted by Gasteiger charge is 2.18. The minimum Gasteiger partial charge on any atom is -0.488 e. The van der Waals surface area contributed by atoms with Crippen LogP contribution >= 0.6 is 15.9 Å². The van der Waals surface area contributed by atoms with Crippen molar-refractivity contribution in [2.24, 2.45) is 0 Å². The smallest absolute Gasteiger partial charge is 0.303 e. The zero-order chi connectivity index (χ0) is 21.1. The van der Waals surface area contributed by atoms with Crippen molar-refractivity contribution in [1.29, 1.82) is 0 Å². The Bertz CT molecular complexity index is 1220. The summed E-state index contributed by atoms with van der Waals surface area (Å²) in [6.45, 7) is 0.0442. The van der Waals surface area contributed by atoms with E-state index in [0.717, 1.165) is 32.1 Å². The molecule has 3 aromatic carbocycles. The van der Waals surface area contributed by atoms with Crippen LogP contribution in [0.2, 0.25) is 0 Å². The summed E-state index contributed by atoms with van der Waals surface area (Å²) in [5.41, 5.74) is 3.97. The Morgan fingerprint density at radius 3 is 2.70 bits per heavy atom. The van der Waals surface area contributed by atoms with Crippen molar-refractivity contribution in [2.75, 3.05) is 0 Å². The van der Waals surface area contributed by atoms with Crippen molar-refractivity contribution in [2.45, 2.75) is 19.4 Å². The zero-order valence-corrected chi connectivity index (χ0v) is 17.6. The number of benzene rings is 3. The first-order valence-electron chi connectivity index (χ1n) is 9.50. The van der Waals surface area contributed by atoms with E-state index in [-0.39, 0.29) is 18.8 Å². The van der Waals surface area contributed by atoms with E-state index in [1.807, 2.05) is 42.6 Å². The van der Waals surface area contributed by atoms with Gasteiger partial charge < -0.3 is 14.8 Å². The van der Waals surface area contributed by atoms with Crippen molar-refractivity contribution in [3.05, 3.63) is 88.3 Å². The fraction of sp³-hybridized carbons (Fsp3) is 0.125. The Morgan fingerprint density at radius 1 is 1.07 bits per heavy atom. The largest absolute Gasteiger partial charge is 0.488 e. The predicted molar refractivity (Wildman–Crippen MR) is 118 cm³/mol. The molecule has 0 aliphatic carbocycles. The molecule has 0 saturated heterocycles. The summed E-state index contributed by atoms with van der Waals surface area (Å²) in [6, 6.07) is 18.2. The van der Waals surface area contributed by atoms with Crippen LogP contribution in [0.4, 0.5) is 4.39 Å². The first-order valence-corrected chi connectivity index (χ1v) is 10.3. The fourth-order valence-electron chi connectivity index (χ4n) is 3.45. The molecule has 152 valence electrons. The number of fused-ring (bicyclic) bond motifs is 1. The highest BCUT2D eigenvalue weighted by atomic mass is 79.9. The summed E-state index contributed by atoms with van der Waals surface area (Å²) in [7, 11) is 0. The highest BCUT2D eigenvalue weighted by molar-refractivity contribution is 9.10.